The molecule has 1 fully saturated rings. The summed E-state index contributed by atoms with van der Waals surface area (Å²) >= 11 is 0. The Balaban J connectivity index is 1.87. The molecule has 0 aromatic heterocycles. The minimum Gasteiger partial charge on any atom is -0.294 e. The van der Waals surface area contributed by atoms with Gasteiger partial charge >= 0.3 is 0 Å². The summed E-state index contributed by atoms with van der Waals surface area (Å²) in [7, 11) is 0. The fraction of sp³-hybridized carbons (Fsp3) is 0.611. The summed E-state index contributed by atoms with van der Waals surface area (Å²) < 4.78 is 0. The molecule has 1 nitrogen and oxygen atoms in total. The molecule has 1 aromatic rings. The summed E-state index contributed by atoms with van der Waals surface area (Å²) in [6.07, 6.45) is 10.8. The minimum absolute atomic E-state index is 0.0961. The third kappa shape index (κ3) is 2.48. The summed E-state index contributed by atoms with van der Waals surface area (Å²) in [6.45, 7) is 2.17. The molecule has 0 spiro atoms. The molecule has 0 aliphatic heterocycles. The van der Waals surface area contributed by atoms with Gasteiger partial charge in [0, 0.05) is 11.0 Å². The maximum atomic E-state index is 12.8. The zero-order valence-electron chi connectivity index (χ0n) is 12.0. The predicted octanol–water partition coefficient (Wildman–Crippen LogP) is 4.72. The van der Waals surface area contributed by atoms with Gasteiger partial charge in [-0.25, -0.2) is 0 Å². The smallest absolute Gasteiger partial charge is 0.168 e. The molecule has 0 atom stereocenters. The maximum absolute atomic E-state index is 12.8. The van der Waals surface area contributed by atoms with Crippen LogP contribution in [0.1, 0.15) is 73.4 Å². The molecule has 102 valence electrons. The Morgan fingerprint density at radius 3 is 2.37 bits per heavy atom. The first-order valence-electron chi connectivity index (χ1n) is 7.86. The number of fused-ring (bicyclic) bond motifs is 1. The lowest BCUT2D eigenvalue weighted by Gasteiger charge is -2.32. The second kappa shape index (κ2) is 5.11. The molecular formula is C18H24O. The Morgan fingerprint density at radius 2 is 1.63 bits per heavy atom. The molecule has 19 heavy (non-hydrogen) atoms. The van der Waals surface area contributed by atoms with Gasteiger partial charge in [-0.3, -0.25) is 4.79 Å². The number of hydrogen-bond donors (Lipinski definition) is 0. The number of ketones is 1. The van der Waals surface area contributed by atoms with Gasteiger partial charge in [0.05, 0.1) is 0 Å². The summed E-state index contributed by atoms with van der Waals surface area (Å²) in [5, 5.41) is 0. The molecule has 0 unspecified atom stereocenters. The first kappa shape index (κ1) is 12.9. The topological polar surface area (TPSA) is 17.1 Å². The Hall–Kier alpha value is -1.11. The van der Waals surface area contributed by atoms with E-state index in [4.69, 9.17) is 0 Å². The fourth-order valence-corrected chi connectivity index (χ4v) is 3.78. The predicted molar refractivity (Wildman–Crippen MR) is 78.6 cm³/mol. The number of benzene rings is 1. The summed E-state index contributed by atoms with van der Waals surface area (Å²) in [5.74, 6) is 0.389. The van der Waals surface area contributed by atoms with Crippen LogP contribution in [0, 0.1) is 5.41 Å². The first-order chi connectivity index (χ1) is 9.19. The zero-order valence-corrected chi connectivity index (χ0v) is 12.0. The van der Waals surface area contributed by atoms with E-state index in [2.05, 4.69) is 25.1 Å². The van der Waals surface area contributed by atoms with Crippen LogP contribution in [0.15, 0.2) is 18.2 Å². The molecule has 1 aromatic carbocycles. The minimum atomic E-state index is -0.0961. The number of Topliss-reactive ketones (excluding diaryl/α,β-unsaturated/α-hetero) is 1. The fourth-order valence-electron chi connectivity index (χ4n) is 3.78. The molecule has 2 aliphatic carbocycles. The van der Waals surface area contributed by atoms with Crippen molar-refractivity contribution in [2.45, 2.75) is 64.7 Å². The van der Waals surface area contributed by atoms with Crippen molar-refractivity contribution in [2.75, 3.05) is 0 Å². The van der Waals surface area contributed by atoms with Crippen LogP contribution in [-0.2, 0) is 12.8 Å². The van der Waals surface area contributed by atoms with E-state index in [0.717, 1.165) is 24.8 Å². The molecule has 2 aliphatic rings. The van der Waals surface area contributed by atoms with Crippen molar-refractivity contribution in [3.63, 3.8) is 0 Å². The lowest BCUT2D eigenvalue weighted by molar-refractivity contribution is 0.0749. The summed E-state index contributed by atoms with van der Waals surface area (Å²) in [6, 6.07) is 6.47. The average Bonchev–Trinajstić information content (AvgIpc) is 2.47. The van der Waals surface area contributed by atoms with Crippen molar-refractivity contribution in [1.29, 1.82) is 0 Å². The van der Waals surface area contributed by atoms with Gasteiger partial charge in [-0.2, -0.15) is 0 Å². The second-order valence-corrected chi connectivity index (χ2v) is 6.64. The molecule has 1 saturated carbocycles. The maximum Gasteiger partial charge on any atom is 0.168 e. The highest BCUT2D eigenvalue weighted by atomic mass is 16.1. The van der Waals surface area contributed by atoms with Gasteiger partial charge in [-0.05, 0) is 55.7 Å². The molecule has 0 radical (unpaired) electrons. The van der Waals surface area contributed by atoms with Crippen LogP contribution in [0.2, 0.25) is 0 Å². The normalized spacial score (nSPS) is 21.7. The van der Waals surface area contributed by atoms with Crippen LogP contribution in [0.4, 0.5) is 0 Å². The van der Waals surface area contributed by atoms with Crippen molar-refractivity contribution in [2.24, 2.45) is 5.41 Å². The van der Waals surface area contributed by atoms with Crippen molar-refractivity contribution >= 4 is 5.78 Å². The van der Waals surface area contributed by atoms with E-state index in [9.17, 15) is 4.79 Å². The molecule has 0 saturated heterocycles. The van der Waals surface area contributed by atoms with Gasteiger partial charge in [-0.1, -0.05) is 38.3 Å². The number of aryl methyl sites for hydroxylation is 2. The van der Waals surface area contributed by atoms with Crippen LogP contribution in [0.5, 0.6) is 0 Å². The standard InChI is InChI=1S/C18H24O/c1-18(11-5-2-6-12-18)17(19)16-10-9-14-7-3-4-8-15(14)13-16/h9-10,13H,2-8,11-12H2,1H3. The zero-order chi connectivity index (χ0) is 13.3. The summed E-state index contributed by atoms with van der Waals surface area (Å²) in [4.78, 5) is 12.8. The molecule has 0 heterocycles. The third-order valence-corrected chi connectivity index (χ3v) is 5.12. The number of carbonyl (C=O) groups is 1. The van der Waals surface area contributed by atoms with E-state index in [-0.39, 0.29) is 5.41 Å². The van der Waals surface area contributed by atoms with E-state index in [1.165, 1.54) is 49.7 Å². The van der Waals surface area contributed by atoms with Crippen LogP contribution >= 0.6 is 0 Å². The van der Waals surface area contributed by atoms with Gasteiger partial charge in [0.2, 0.25) is 0 Å². The van der Waals surface area contributed by atoms with E-state index in [0.29, 0.717) is 5.78 Å². The largest absolute Gasteiger partial charge is 0.294 e. The Kier molecular flexibility index (Phi) is 3.47. The quantitative estimate of drug-likeness (QED) is 0.700. The Bertz CT molecular complexity index is 480. The molecule has 0 bridgehead atoms. The van der Waals surface area contributed by atoms with Gasteiger partial charge in [0.15, 0.2) is 5.78 Å². The van der Waals surface area contributed by atoms with Crippen molar-refractivity contribution in [3.8, 4) is 0 Å². The molecule has 1 heteroatoms. The van der Waals surface area contributed by atoms with Crippen LogP contribution < -0.4 is 0 Å². The lowest BCUT2D eigenvalue weighted by Crippen LogP contribution is -2.30. The van der Waals surface area contributed by atoms with Crippen LogP contribution in [-0.4, -0.2) is 5.78 Å². The third-order valence-electron chi connectivity index (χ3n) is 5.12. The molecule has 0 amide bonds. The highest BCUT2D eigenvalue weighted by Crippen LogP contribution is 2.39. The van der Waals surface area contributed by atoms with E-state index >= 15 is 0 Å². The van der Waals surface area contributed by atoms with Crippen LogP contribution in [0.3, 0.4) is 0 Å². The second-order valence-electron chi connectivity index (χ2n) is 6.64. The average molecular weight is 256 g/mol. The van der Waals surface area contributed by atoms with Crippen molar-refractivity contribution in [3.05, 3.63) is 34.9 Å². The number of hydrogen-bond acceptors (Lipinski definition) is 1. The van der Waals surface area contributed by atoms with Gasteiger partial charge in [0.25, 0.3) is 0 Å². The highest BCUT2D eigenvalue weighted by Gasteiger charge is 2.35. The van der Waals surface area contributed by atoms with Crippen molar-refractivity contribution in [1.82, 2.24) is 0 Å². The molecular weight excluding hydrogens is 232 g/mol. The number of rotatable bonds is 2. The van der Waals surface area contributed by atoms with E-state index in [1.807, 2.05) is 0 Å². The SMILES string of the molecule is CC1(C(=O)c2ccc3c(c2)CCCC3)CCCCC1. The Labute approximate surface area is 116 Å². The van der Waals surface area contributed by atoms with Gasteiger partial charge in [0.1, 0.15) is 0 Å². The molecule has 0 N–H and O–H groups in total. The number of carbonyl (C=O) groups excluding carboxylic acids is 1. The lowest BCUT2D eigenvalue weighted by atomic mass is 9.70. The summed E-state index contributed by atoms with van der Waals surface area (Å²) in [5.41, 5.74) is 3.76. The van der Waals surface area contributed by atoms with E-state index in [1.54, 1.807) is 0 Å². The van der Waals surface area contributed by atoms with E-state index < -0.39 is 0 Å². The van der Waals surface area contributed by atoms with Gasteiger partial charge < -0.3 is 0 Å². The van der Waals surface area contributed by atoms with Crippen molar-refractivity contribution < 1.29 is 4.79 Å². The molecule has 3 rings (SSSR count). The highest BCUT2D eigenvalue weighted by molar-refractivity contribution is 6.00. The first-order valence-corrected chi connectivity index (χ1v) is 7.86. The van der Waals surface area contributed by atoms with Gasteiger partial charge in [-0.15, -0.1) is 0 Å². The monoisotopic (exact) mass is 256 g/mol. The Morgan fingerprint density at radius 1 is 0.947 bits per heavy atom. The van der Waals surface area contributed by atoms with Crippen LogP contribution in [0.25, 0.3) is 0 Å².